The predicted octanol–water partition coefficient (Wildman–Crippen LogP) is 3.30. The summed E-state index contributed by atoms with van der Waals surface area (Å²) < 4.78 is 10.2. The first-order valence-electron chi connectivity index (χ1n) is 5.94. The number of aromatic nitrogens is 1. The van der Waals surface area contributed by atoms with E-state index in [-0.39, 0.29) is 5.97 Å². The molecule has 0 fully saturated rings. The monoisotopic (exact) mass is 277 g/mol. The van der Waals surface area contributed by atoms with Gasteiger partial charge in [0.25, 0.3) is 0 Å². The summed E-state index contributed by atoms with van der Waals surface area (Å²) >= 11 is 1.47. The van der Waals surface area contributed by atoms with Gasteiger partial charge in [0, 0.05) is 0 Å². The van der Waals surface area contributed by atoms with Gasteiger partial charge >= 0.3 is 5.97 Å². The zero-order valence-electron chi connectivity index (χ0n) is 11.1. The molecule has 1 heterocycles. The molecule has 19 heavy (non-hydrogen) atoms. The van der Waals surface area contributed by atoms with Crippen molar-refractivity contribution in [1.29, 1.82) is 0 Å². The summed E-state index contributed by atoms with van der Waals surface area (Å²) in [6.07, 6.45) is 0. The summed E-state index contributed by atoms with van der Waals surface area (Å²) in [5.41, 5.74) is 1.28. The Labute approximate surface area is 116 Å². The molecule has 0 atom stereocenters. The second-order valence-electron chi connectivity index (χ2n) is 3.86. The van der Waals surface area contributed by atoms with Gasteiger partial charge in [-0.05, 0) is 31.5 Å². The van der Waals surface area contributed by atoms with Crippen LogP contribution in [0.3, 0.4) is 0 Å². The van der Waals surface area contributed by atoms with E-state index in [9.17, 15) is 4.79 Å². The van der Waals surface area contributed by atoms with Crippen molar-refractivity contribution in [2.24, 2.45) is 0 Å². The lowest BCUT2D eigenvalue weighted by atomic mass is 10.1. The maximum Gasteiger partial charge on any atom is 0.358 e. The van der Waals surface area contributed by atoms with Gasteiger partial charge in [-0.1, -0.05) is 12.1 Å². The topological polar surface area (TPSA) is 48.4 Å². The molecule has 2 aromatic rings. The minimum absolute atomic E-state index is 0.340. The molecule has 1 aromatic carbocycles. The first-order valence-corrected chi connectivity index (χ1v) is 6.76. The van der Waals surface area contributed by atoms with Crippen LogP contribution < -0.4 is 4.74 Å². The van der Waals surface area contributed by atoms with Gasteiger partial charge in [0.1, 0.15) is 5.75 Å². The van der Waals surface area contributed by atoms with Crippen LogP contribution in [0.2, 0.25) is 0 Å². The Balaban J connectivity index is 2.46. The van der Waals surface area contributed by atoms with Crippen molar-refractivity contribution >= 4 is 17.3 Å². The van der Waals surface area contributed by atoms with Crippen LogP contribution in [0.25, 0.3) is 10.4 Å². The number of aryl methyl sites for hydroxylation is 1. The van der Waals surface area contributed by atoms with E-state index in [0.717, 1.165) is 21.2 Å². The van der Waals surface area contributed by atoms with Gasteiger partial charge in [-0.2, -0.15) is 0 Å². The number of hydrogen-bond acceptors (Lipinski definition) is 5. The van der Waals surface area contributed by atoms with Crippen LogP contribution in [0, 0.1) is 6.92 Å². The van der Waals surface area contributed by atoms with E-state index < -0.39 is 0 Å². The van der Waals surface area contributed by atoms with Crippen LogP contribution in [0.4, 0.5) is 0 Å². The molecule has 0 aliphatic heterocycles. The third-order valence-electron chi connectivity index (χ3n) is 2.53. The van der Waals surface area contributed by atoms with E-state index in [2.05, 4.69) is 4.98 Å². The number of methoxy groups -OCH3 is 1. The SMILES string of the molecule is CCOC(=O)c1nc(C)sc1-c1cccc(OC)c1. The molecule has 5 heteroatoms. The number of rotatable bonds is 4. The van der Waals surface area contributed by atoms with Crippen LogP contribution in [0.5, 0.6) is 5.75 Å². The molecule has 0 aliphatic rings. The fourth-order valence-electron chi connectivity index (χ4n) is 1.72. The van der Waals surface area contributed by atoms with Gasteiger partial charge in [0.05, 0.1) is 23.6 Å². The fourth-order valence-corrected chi connectivity index (χ4v) is 2.63. The number of nitrogens with zero attached hydrogens (tertiary/aromatic N) is 1. The molecule has 0 unspecified atom stereocenters. The van der Waals surface area contributed by atoms with Crippen LogP contribution in [0.15, 0.2) is 24.3 Å². The van der Waals surface area contributed by atoms with Crippen molar-refractivity contribution in [3.63, 3.8) is 0 Å². The minimum Gasteiger partial charge on any atom is -0.497 e. The molecular formula is C14H15NO3S. The van der Waals surface area contributed by atoms with Gasteiger partial charge in [0.15, 0.2) is 5.69 Å². The first-order chi connectivity index (χ1) is 9.15. The van der Waals surface area contributed by atoms with E-state index in [0.29, 0.717) is 12.3 Å². The normalized spacial score (nSPS) is 10.3. The molecular weight excluding hydrogens is 262 g/mol. The number of benzene rings is 1. The molecule has 1 aromatic heterocycles. The van der Waals surface area contributed by atoms with Crippen LogP contribution in [-0.2, 0) is 4.74 Å². The summed E-state index contributed by atoms with van der Waals surface area (Å²) in [6, 6.07) is 7.56. The maximum atomic E-state index is 11.9. The molecule has 0 spiro atoms. The zero-order valence-corrected chi connectivity index (χ0v) is 11.9. The minimum atomic E-state index is -0.385. The van der Waals surface area contributed by atoms with Gasteiger partial charge < -0.3 is 9.47 Å². The summed E-state index contributed by atoms with van der Waals surface area (Å²) in [4.78, 5) is 17.0. The molecule has 0 N–H and O–H groups in total. The van der Waals surface area contributed by atoms with Crippen molar-refractivity contribution < 1.29 is 14.3 Å². The molecule has 0 bridgehead atoms. The Kier molecular flexibility index (Phi) is 4.16. The molecule has 0 amide bonds. The van der Waals surface area contributed by atoms with E-state index in [4.69, 9.17) is 9.47 Å². The molecule has 100 valence electrons. The first kappa shape index (κ1) is 13.5. The predicted molar refractivity (Wildman–Crippen MR) is 74.8 cm³/mol. The number of carbonyl (C=O) groups is 1. The lowest BCUT2D eigenvalue weighted by Gasteiger charge is -2.04. The highest BCUT2D eigenvalue weighted by atomic mass is 32.1. The highest BCUT2D eigenvalue weighted by molar-refractivity contribution is 7.15. The molecule has 0 saturated heterocycles. The third-order valence-corrected chi connectivity index (χ3v) is 3.55. The third kappa shape index (κ3) is 2.93. The van der Waals surface area contributed by atoms with Crippen LogP contribution >= 0.6 is 11.3 Å². The Morgan fingerprint density at radius 3 is 2.89 bits per heavy atom. The van der Waals surface area contributed by atoms with Crippen molar-refractivity contribution in [3.05, 3.63) is 35.0 Å². The van der Waals surface area contributed by atoms with E-state index in [1.807, 2.05) is 31.2 Å². The Morgan fingerprint density at radius 2 is 2.21 bits per heavy atom. The molecule has 2 rings (SSSR count). The maximum absolute atomic E-state index is 11.9. The van der Waals surface area contributed by atoms with Crippen molar-refractivity contribution in [1.82, 2.24) is 4.98 Å². The molecule has 0 radical (unpaired) electrons. The Bertz CT molecular complexity index is 592. The van der Waals surface area contributed by atoms with Crippen molar-refractivity contribution in [2.45, 2.75) is 13.8 Å². The lowest BCUT2D eigenvalue weighted by molar-refractivity contribution is 0.0521. The number of ether oxygens (including phenoxy) is 2. The molecule has 0 saturated carbocycles. The van der Waals surface area contributed by atoms with E-state index >= 15 is 0 Å². The second kappa shape index (κ2) is 5.84. The summed E-state index contributed by atoms with van der Waals surface area (Å²) in [5.74, 6) is 0.364. The van der Waals surface area contributed by atoms with E-state index in [1.54, 1.807) is 14.0 Å². The molecule has 4 nitrogen and oxygen atoms in total. The Hall–Kier alpha value is -1.88. The number of esters is 1. The highest BCUT2D eigenvalue weighted by Gasteiger charge is 2.19. The number of thiazole rings is 1. The highest BCUT2D eigenvalue weighted by Crippen LogP contribution is 2.32. The summed E-state index contributed by atoms with van der Waals surface area (Å²) in [6.45, 7) is 3.99. The lowest BCUT2D eigenvalue weighted by Crippen LogP contribution is -2.06. The largest absolute Gasteiger partial charge is 0.497 e. The fraction of sp³-hybridized carbons (Fsp3) is 0.286. The number of carbonyl (C=O) groups excluding carboxylic acids is 1. The van der Waals surface area contributed by atoms with Gasteiger partial charge in [-0.3, -0.25) is 0 Å². The average molecular weight is 277 g/mol. The van der Waals surface area contributed by atoms with Crippen LogP contribution in [-0.4, -0.2) is 24.7 Å². The quantitative estimate of drug-likeness (QED) is 0.804. The smallest absolute Gasteiger partial charge is 0.358 e. The molecule has 0 aliphatic carbocycles. The zero-order chi connectivity index (χ0) is 13.8. The van der Waals surface area contributed by atoms with Crippen molar-refractivity contribution in [3.8, 4) is 16.2 Å². The van der Waals surface area contributed by atoms with Gasteiger partial charge in [0.2, 0.25) is 0 Å². The summed E-state index contributed by atoms with van der Waals surface area (Å²) in [7, 11) is 1.61. The van der Waals surface area contributed by atoms with Crippen LogP contribution in [0.1, 0.15) is 22.4 Å². The Morgan fingerprint density at radius 1 is 1.42 bits per heavy atom. The second-order valence-corrected chi connectivity index (χ2v) is 5.07. The standard InChI is InChI=1S/C14H15NO3S/c1-4-18-14(16)12-13(19-9(2)15-12)10-6-5-7-11(8-10)17-3/h5-8H,4H2,1-3H3. The number of hydrogen-bond donors (Lipinski definition) is 0. The average Bonchev–Trinajstić information content (AvgIpc) is 2.81. The van der Waals surface area contributed by atoms with E-state index in [1.165, 1.54) is 11.3 Å². The van der Waals surface area contributed by atoms with Crippen molar-refractivity contribution in [2.75, 3.05) is 13.7 Å². The van der Waals surface area contributed by atoms with Gasteiger partial charge in [-0.15, -0.1) is 11.3 Å². The van der Waals surface area contributed by atoms with Gasteiger partial charge in [-0.25, -0.2) is 9.78 Å². The summed E-state index contributed by atoms with van der Waals surface area (Å²) in [5, 5.41) is 0.834.